The van der Waals surface area contributed by atoms with Gasteiger partial charge in [-0.2, -0.15) is 10.4 Å². The van der Waals surface area contributed by atoms with E-state index >= 15 is 0 Å². The van der Waals surface area contributed by atoms with Crippen LogP contribution >= 0.6 is 0 Å². The summed E-state index contributed by atoms with van der Waals surface area (Å²) in [4.78, 5) is 6.05. The van der Waals surface area contributed by atoms with E-state index in [1.54, 1.807) is 12.1 Å². The predicted octanol–water partition coefficient (Wildman–Crippen LogP) is 1.39. The van der Waals surface area contributed by atoms with Gasteiger partial charge in [-0.15, -0.1) is 0 Å². The second-order valence-electron chi connectivity index (χ2n) is 4.40. The van der Waals surface area contributed by atoms with Crippen molar-refractivity contribution in [2.24, 2.45) is 0 Å². The van der Waals surface area contributed by atoms with Gasteiger partial charge in [-0.05, 0) is 12.1 Å². The fraction of sp³-hybridized carbons (Fsp3) is 0.308. The van der Waals surface area contributed by atoms with Crippen LogP contribution in [-0.4, -0.2) is 34.9 Å². The molecule has 0 bridgehead atoms. The van der Waals surface area contributed by atoms with E-state index in [-0.39, 0.29) is 11.6 Å². The van der Waals surface area contributed by atoms with Crippen molar-refractivity contribution in [1.82, 2.24) is 15.2 Å². The molecule has 2 heterocycles. The monoisotopic (exact) mass is 273 g/mol. The number of halogens is 1. The molecule has 1 aliphatic rings. The number of nitrogens with one attached hydrogen (secondary N) is 1. The molecule has 0 radical (unpaired) electrons. The molecule has 0 spiro atoms. The van der Waals surface area contributed by atoms with Crippen LogP contribution in [0.2, 0.25) is 0 Å². The van der Waals surface area contributed by atoms with Crippen LogP contribution in [0.15, 0.2) is 24.5 Å². The Balaban J connectivity index is 2.03. The highest BCUT2D eigenvalue weighted by atomic mass is 19.1. The van der Waals surface area contributed by atoms with Gasteiger partial charge in [0.15, 0.2) is 0 Å². The summed E-state index contributed by atoms with van der Waals surface area (Å²) in [6.07, 6.45) is 1.42. The van der Waals surface area contributed by atoms with Crippen LogP contribution in [0.3, 0.4) is 0 Å². The highest BCUT2D eigenvalue weighted by Gasteiger charge is 2.29. The molecule has 0 aliphatic carbocycles. The van der Waals surface area contributed by atoms with Gasteiger partial charge in [0.05, 0.1) is 18.9 Å². The number of aromatic nitrogens is 3. The maximum Gasteiger partial charge on any atom is 0.149 e. The van der Waals surface area contributed by atoms with Crippen molar-refractivity contribution in [2.45, 2.75) is 6.04 Å². The first kappa shape index (κ1) is 12.6. The summed E-state index contributed by atoms with van der Waals surface area (Å²) < 4.78 is 19.2. The molecule has 1 atom stereocenters. The molecule has 1 saturated heterocycles. The average molecular weight is 273 g/mol. The number of hydrogen-bond acceptors (Lipinski definition) is 5. The van der Waals surface area contributed by atoms with Gasteiger partial charge in [-0.1, -0.05) is 6.07 Å². The maximum atomic E-state index is 13.8. The number of ether oxygens (including phenoxy) is 1. The van der Waals surface area contributed by atoms with Crippen LogP contribution in [0, 0.1) is 17.1 Å². The number of benzene rings is 1. The number of H-pyrrole nitrogens is 1. The van der Waals surface area contributed by atoms with Crippen LogP contribution in [0.25, 0.3) is 0 Å². The molecule has 20 heavy (non-hydrogen) atoms. The summed E-state index contributed by atoms with van der Waals surface area (Å²) >= 11 is 0. The molecule has 6 nitrogen and oxygen atoms in total. The van der Waals surface area contributed by atoms with Crippen molar-refractivity contribution in [1.29, 1.82) is 5.26 Å². The van der Waals surface area contributed by atoms with Crippen molar-refractivity contribution in [3.63, 3.8) is 0 Å². The Labute approximate surface area is 114 Å². The van der Waals surface area contributed by atoms with E-state index in [0.717, 1.165) is 0 Å². The summed E-state index contributed by atoms with van der Waals surface area (Å²) in [6, 6.07) is 6.33. The van der Waals surface area contributed by atoms with E-state index < -0.39 is 5.82 Å². The largest absolute Gasteiger partial charge is 0.377 e. The van der Waals surface area contributed by atoms with Crippen molar-refractivity contribution in [3.8, 4) is 6.07 Å². The van der Waals surface area contributed by atoms with Crippen LogP contribution < -0.4 is 4.90 Å². The Bertz CT molecular complexity index is 637. The quantitative estimate of drug-likeness (QED) is 0.894. The van der Waals surface area contributed by atoms with Crippen LogP contribution in [0.5, 0.6) is 0 Å². The van der Waals surface area contributed by atoms with E-state index in [1.165, 1.54) is 12.4 Å². The minimum atomic E-state index is -0.521. The van der Waals surface area contributed by atoms with Gasteiger partial charge in [0.2, 0.25) is 0 Å². The highest BCUT2D eigenvalue weighted by molar-refractivity contribution is 5.61. The van der Waals surface area contributed by atoms with E-state index in [9.17, 15) is 4.39 Å². The fourth-order valence-electron chi connectivity index (χ4n) is 2.36. The molecule has 7 heteroatoms. The molecule has 1 aromatic heterocycles. The van der Waals surface area contributed by atoms with Gasteiger partial charge in [-0.3, -0.25) is 5.10 Å². The standard InChI is InChI=1S/C13H12FN5O/c14-10-2-1-3-11(9(10)6-15)19-4-5-20-7-12(19)13-16-8-17-18-13/h1-3,8,12H,4-5,7H2,(H,16,17,18). The number of morpholine rings is 1. The van der Waals surface area contributed by atoms with Crippen molar-refractivity contribution in [2.75, 3.05) is 24.7 Å². The van der Waals surface area contributed by atoms with Crippen molar-refractivity contribution in [3.05, 3.63) is 41.7 Å². The number of anilines is 1. The van der Waals surface area contributed by atoms with E-state index in [2.05, 4.69) is 15.2 Å². The Morgan fingerprint density at radius 1 is 1.50 bits per heavy atom. The first-order chi connectivity index (χ1) is 9.81. The summed E-state index contributed by atoms with van der Waals surface area (Å²) in [7, 11) is 0. The average Bonchev–Trinajstić information content (AvgIpc) is 3.01. The molecule has 1 unspecified atom stereocenters. The summed E-state index contributed by atoms with van der Waals surface area (Å²) in [5.41, 5.74) is 0.594. The minimum absolute atomic E-state index is 0.0407. The second-order valence-corrected chi connectivity index (χ2v) is 4.40. The molecular weight excluding hydrogens is 261 g/mol. The molecule has 2 aromatic rings. The Morgan fingerprint density at radius 2 is 2.40 bits per heavy atom. The Morgan fingerprint density at radius 3 is 3.15 bits per heavy atom. The zero-order valence-electron chi connectivity index (χ0n) is 10.6. The lowest BCUT2D eigenvalue weighted by molar-refractivity contribution is 0.0918. The molecule has 1 aliphatic heterocycles. The number of rotatable bonds is 2. The number of nitriles is 1. The summed E-state index contributed by atoms with van der Waals surface area (Å²) in [5.74, 6) is 0.116. The first-order valence-corrected chi connectivity index (χ1v) is 6.19. The molecule has 0 amide bonds. The maximum absolute atomic E-state index is 13.8. The highest BCUT2D eigenvalue weighted by Crippen LogP contribution is 2.31. The van der Waals surface area contributed by atoms with Gasteiger partial charge in [0.25, 0.3) is 0 Å². The summed E-state index contributed by atoms with van der Waals surface area (Å²) in [6.45, 7) is 1.49. The van der Waals surface area contributed by atoms with Crippen LogP contribution in [0.1, 0.15) is 17.4 Å². The molecule has 1 N–H and O–H groups in total. The van der Waals surface area contributed by atoms with Gasteiger partial charge in [0, 0.05) is 6.54 Å². The lowest BCUT2D eigenvalue weighted by Crippen LogP contribution is -2.40. The first-order valence-electron chi connectivity index (χ1n) is 6.19. The second kappa shape index (κ2) is 5.27. The Hall–Kier alpha value is -2.46. The Kier molecular flexibility index (Phi) is 3.31. The third-order valence-electron chi connectivity index (χ3n) is 3.29. The van der Waals surface area contributed by atoms with Crippen molar-refractivity contribution >= 4 is 5.69 Å². The zero-order valence-corrected chi connectivity index (χ0v) is 10.6. The summed E-state index contributed by atoms with van der Waals surface area (Å²) in [5, 5.41) is 15.8. The third kappa shape index (κ3) is 2.10. The van der Waals surface area contributed by atoms with Gasteiger partial charge in [0.1, 0.15) is 35.6 Å². The third-order valence-corrected chi connectivity index (χ3v) is 3.29. The topological polar surface area (TPSA) is 77.8 Å². The smallest absolute Gasteiger partial charge is 0.149 e. The van der Waals surface area contributed by atoms with Crippen LogP contribution in [-0.2, 0) is 4.74 Å². The number of aromatic amines is 1. The lowest BCUT2D eigenvalue weighted by atomic mass is 10.1. The normalized spacial score (nSPS) is 18.8. The molecular formula is C13H12FN5O. The van der Waals surface area contributed by atoms with Gasteiger partial charge < -0.3 is 9.64 Å². The van der Waals surface area contributed by atoms with E-state index in [4.69, 9.17) is 10.00 Å². The molecule has 1 aromatic carbocycles. The predicted molar refractivity (Wildman–Crippen MR) is 68.4 cm³/mol. The molecule has 1 fully saturated rings. The number of nitrogens with zero attached hydrogens (tertiary/aromatic N) is 4. The van der Waals surface area contributed by atoms with E-state index in [1.807, 2.05) is 11.0 Å². The van der Waals surface area contributed by atoms with Gasteiger partial charge >= 0.3 is 0 Å². The molecule has 3 rings (SSSR count). The van der Waals surface area contributed by atoms with E-state index in [0.29, 0.717) is 31.3 Å². The molecule has 0 saturated carbocycles. The number of hydrogen-bond donors (Lipinski definition) is 1. The minimum Gasteiger partial charge on any atom is -0.377 e. The van der Waals surface area contributed by atoms with Gasteiger partial charge in [-0.25, -0.2) is 9.37 Å². The zero-order chi connectivity index (χ0) is 13.9. The van der Waals surface area contributed by atoms with Crippen molar-refractivity contribution < 1.29 is 9.13 Å². The molecule has 102 valence electrons. The fourth-order valence-corrected chi connectivity index (χ4v) is 2.36. The van der Waals surface area contributed by atoms with Crippen LogP contribution in [0.4, 0.5) is 10.1 Å². The SMILES string of the molecule is N#Cc1c(F)cccc1N1CCOCC1c1ncn[nH]1. The lowest BCUT2D eigenvalue weighted by Gasteiger charge is -2.36.